The molecule has 0 aromatic carbocycles. The lowest BCUT2D eigenvalue weighted by molar-refractivity contribution is 0.356. The molecule has 1 aromatic rings. The predicted molar refractivity (Wildman–Crippen MR) is 61.4 cm³/mol. The Labute approximate surface area is 89.3 Å². The van der Waals surface area contributed by atoms with Crippen molar-refractivity contribution in [3.63, 3.8) is 0 Å². The zero-order valence-electron chi connectivity index (χ0n) is 8.79. The molecule has 0 aliphatic carbocycles. The summed E-state index contributed by atoms with van der Waals surface area (Å²) in [6.07, 6.45) is 0. The van der Waals surface area contributed by atoms with Gasteiger partial charge in [-0.25, -0.2) is 4.98 Å². The minimum Gasteiger partial charge on any atom is -0.327 e. The largest absolute Gasteiger partial charge is 0.327 e. The Kier molecular flexibility index (Phi) is 4.25. The molecule has 0 aliphatic rings. The summed E-state index contributed by atoms with van der Waals surface area (Å²) in [6.45, 7) is 8.27. The Hall–Kier alpha value is -0.710. The maximum Gasteiger partial charge on any atom is 0.0798 e. The number of nitrogens with zero attached hydrogens (tertiary/aromatic N) is 2. The standard InChI is InChI=1S/C10H17N3S/c1-8(4-11)5-13(3)6-10-9(2)12-7-14-10/h7H,1,4-6,11H2,2-3H3. The van der Waals surface area contributed by atoms with Gasteiger partial charge in [-0.2, -0.15) is 0 Å². The van der Waals surface area contributed by atoms with E-state index in [1.807, 2.05) is 12.4 Å². The highest BCUT2D eigenvalue weighted by Gasteiger charge is 2.05. The van der Waals surface area contributed by atoms with E-state index in [-0.39, 0.29) is 0 Å². The van der Waals surface area contributed by atoms with Crippen LogP contribution in [0.15, 0.2) is 17.7 Å². The fourth-order valence-corrected chi connectivity index (χ4v) is 2.08. The van der Waals surface area contributed by atoms with E-state index in [2.05, 4.69) is 23.5 Å². The summed E-state index contributed by atoms with van der Waals surface area (Å²) in [5, 5.41) is 0. The summed E-state index contributed by atoms with van der Waals surface area (Å²) in [5.74, 6) is 0. The maximum atomic E-state index is 5.49. The zero-order valence-corrected chi connectivity index (χ0v) is 9.60. The molecule has 14 heavy (non-hydrogen) atoms. The van der Waals surface area contributed by atoms with Crippen molar-refractivity contribution in [2.24, 2.45) is 5.73 Å². The Balaban J connectivity index is 2.45. The molecule has 0 unspecified atom stereocenters. The molecular formula is C10H17N3S. The average Bonchev–Trinajstić information content (AvgIpc) is 2.51. The van der Waals surface area contributed by atoms with Gasteiger partial charge >= 0.3 is 0 Å². The zero-order chi connectivity index (χ0) is 10.6. The van der Waals surface area contributed by atoms with E-state index in [4.69, 9.17) is 5.73 Å². The fraction of sp³-hybridized carbons (Fsp3) is 0.500. The summed E-state index contributed by atoms with van der Waals surface area (Å²) in [7, 11) is 2.07. The Morgan fingerprint density at radius 2 is 2.43 bits per heavy atom. The van der Waals surface area contributed by atoms with Gasteiger partial charge in [0.05, 0.1) is 11.2 Å². The molecule has 0 saturated carbocycles. The molecule has 0 bridgehead atoms. The van der Waals surface area contributed by atoms with Crippen molar-refractivity contribution in [2.45, 2.75) is 13.5 Å². The molecule has 4 heteroatoms. The number of thiazole rings is 1. The van der Waals surface area contributed by atoms with Crippen LogP contribution < -0.4 is 5.73 Å². The van der Waals surface area contributed by atoms with Crippen molar-refractivity contribution in [1.82, 2.24) is 9.88 Å². The van der Waals surface area contributed by atoms with E-state index in [0.29, 0.717) is 6.54 Å². The first-order chi connectivity index (χ1) is 6.63. The number of nitrogens with two attached hydrogens (primary N) is 1. The normalized spacial score (nSPS) is 10.9. The molecule has 1 heterocycles. The third-order valence-electron chi connectivity index (χ3n) is 2.04. The third-order valence-corrected chi connectivity index (χ3v) is 2.96. The molecule has 78 valence electrons. The van der Waals surface area contributed by atoms with Crippen LogP contribution in [0.1, 0.15) is 10.6 Å². The van der Waals surface area contributed by atoms with Gasteiger partial charge in [0.1, 0.15) is 0 Å². The van der Waals surface area contributed by atoms with Gasteiger partial charge in [0, 0.05) is 24.5 Å². The first-order valence-electron chi connectivity index (χ1n) is 4.57. The minimum atomic E-state index is 0.562. The van der Waals surface area contributed by atoms with Crippen LogP contribution in [0.5, 0.6) is 0 Å². The van der Waals surface area contributed by atoms with Gasteiger partial charge in [0.25, 0.3) is 0 Å². The topological polar surface area (TPSA) is 42.1 Å². The number of likely N-dealkylation sites (N-methyl/N-ethyl adjacent to an activating group) is 1. The highest BCUT2D eigenvalue weighted by atomic mass is 32.1. The van der Waals surface area contributed by atoms with Crippen LogP contribution in [-0.4, -0.2) is 30.0 Å². The first-order valence-corrected chi connectivity index (χ1v) is 5.45. The lowest BCUT2D eigenvalue weighted by Crippen LogP contribution is -2.23. The van der Waals surface area contributed by atoms with Gasteiger partial charge in [0.2, 0.25) is 0 Å². The van der Waals surface area contributed by atoms with Crippen LogP contribution in [0, 0.1) is 6.92 Å². The van der Waals surface area contributed by atoms with E-state index in [9.17, 15) is 0 Å². The molecule has 0 spiro atoms. The van der Waals surface area contributed by atoms with Crippen LogP contribution >= 0.6 is 11.3 Å². The second-order valence-electron chi connectivity index (χ2n) is 3.49. The van der Waals surface area contributed by atoms with Gasteiger partial charge < -0.3 is 5.73 Å². The average molecular weight is 211 g/mol. The molecule has 0 atom stereocenters. The van der Waals surface area contributed by atoms with Crippen LogP contribution in [0.2, 0.25) is 0 Å². The third kappa shape index (κ3) is 3.21. The molecule has 2 N–H and O–H groups in total. The van der Waals surface area contributed by atoms with Gasteiger partial charge in [-0.1, -0.05) is 6.58 Å². The molecule has 1 aromatic heterocycles. The predicted octanol–water partition coefficient (Wildman–Crippen LogP) is 1.40. The Bertz CT molecular complexity index is 306. The second kappa shape index (κ2) is 5.24. The van der Waals surface area contributed by atoms with Crippen LogP contribution in [-0.2, 0) is 6.54 Å². The molecule has 0 radical (unpaired) electrons. The summed E-state index contributed by atoms with van der Waals surface area (Å²) < 4.78 is 0. The smallest absolute Gasteiger partial charge is 0.0798 e. The van der Waals surface area contributed by atoms with Crippen molar-refractivity contribution in [2.75, 3.05) is 20.1 Å². The summed E-state index contributed by atoms with van der Waals surface area (Å²) >= 11 is 1.70. The number of hydrogen-bond donors (Lipinski definition) is 1. The Morgan fingerprint density at radius 1 is 1.71 bits per heavy atom. The monoisotopic (exact) mass is 211 g/mol. The summed E-state index contributed by atoms with van der Waals surface area (Å²) in [5.41, 5.74) is 9.56. The number of aryl methyl sites for hydroxylation is 1. The van der Waals surface area contributed by atoms with Gasteiger partial charge in [-0.15, -0.1) is 11.3 Å². The molecule has 3 nitrogen and oxygen atoms in total. The second-order valence-corrected chi connectivity index (χ2v) is 4.43. The minimum absolute atomic E-state index is 0.562. The molecule has 0 amide bonds. The van der Waals surface area contributed by atoms with Crippen LogP contribution in [0.4, 0.5) is 0 Å². The molecule has 1 rings (SSSR count). The number of rotatable bonds is 5. The van der Waals surface area contributed by atoms with E-state index in [1.165, 1.54) is 4.88 Å². The van der Waals surface area contributed by atoms with E-state index < -0.39 is 0 Å². The highest BCUT2D eigenvalue weighted by molar-refractivity contribution is 7.09. The summed E-state index contributed by atoms with van der Waals surface area (Å²) in [4.78, 5) is 7.73. The fourth-order valence-electron chi connectivity index (χ4n) is 1.23. The Morgan fingerprint density at radius 3 is 2.93 bits per heavy atom. The summed E-state index contributed by atoms with van der Waals surface area (Å²) in [6, 6.07) is 0. The van der Waals surface area contributed by atoms with E-state index >= 15 is 0 Å². The van der Waals surface area contributed by atoms with Gasteiger partial charge in [-0.3, -0.25) is 4.90 Å². The quantitative estimate of drug-likeness (QED) is 0.749. The van der Waals surface area contributed by atoms with Crippen molar-refractivity contribution in [3.8, 4) is 0 Å². The van der Waals surface area contributed by atoms with E-state index in [1.54, 1.807) is 11.3 Å². The molecule has 0 aliphatic heterocycles. The number of hydrogen-bond acceptors (Lipinski definition) is 4. The van der Waals surface area contributed by atoms with Crippen LogP contribution in [0.25, 0.3) is 0 Å². The molecule has 0 fully saturated rings. The van der Waals surface area contributed by atoms with Gasteiger partial charge in [0.15, 0.2) is 0 Å². The highest BCUT2D eigenvalue weighted by Crippen LogP contribution is 2.14. The number of aromatic nitrogens is 1. The SMILES string of the molecule is C=C(CN)CN(C)Cc1scnc1C. The van der Waals surface area contributed by atoms with Crippen molar-refractivity contribution in [1.29, 1.82) is 0 Å². The van der Waals surface area contributed by atoms with E-state index in [0.717, 1.165) is 24.4 Å². The van der Waals surface area contributed by atoms with Gasteiger partial charge in [-0.05, 0) is 19.5 Å². The molecular weight excluding hydrogens is 194 g/mol. The lowest BCUT2D eigenvalue weighted by Gasteiger charge is -2.16. The van der Waals surface area contributed by atoms with Crippen molar-refractivity contribution < 1.29 is 0 Å². The van der Waals surface area contributed by atoms with Crippen LogP contribution in [0.3, 0.4) is 0 Å². The first kappa shape index (κ1) is 11.4. The lowest BCUT2D eigenvalue weighted by atomic mass is 10.3. The van der Waals surface area contributed by atoms with Crippen molar-refractivity contribution >= 4 is 11.3 Å². The van der Waals surface area contributed by atoms with Crippen molar-refractivity contribution in [3.05, 3.63) is 28.2 Å². The maximum absolute atomic E-state index is 5.49. The molecule has 0 saturated heterocycles.